The summed E-state index contributed by atoms with van der Waals surface area (Å²) in [7, 11) is 0. The maximum atomic E-state index is 12.7. The minimum atomic E-state index is -0.185. The molecule has 1 atom stereocenters. The van der Waals surface area contributed by atoms with Crippen LogP contribution in [-0.4, -0.2) is 28.0 Å². The molecular formula is C17H21BrN4OS. The molecule has 0 unspecified atom stereocenters. The molecule has 2 heterocycles. The maximum Gasteiger partial charge on any atom is 0.276 e. The van der Waals surface area contributed by atoms with Crippen molar-refractivity contribution in [1.29, 1.82) is 0 Å². The van der Waals surface area contributed by atoms with E-state index in [-0.39, 0.29) is 12.1 Å². The van der Waals surface area contributed by atoms with Crippen LogP contribution >= 0.6 is 27.7 Å². The van der Waals surface area contributed by atoms with Gasteiger partial charge in [0.1, 0.15) is 11.9 Å². The Bertz CT molecular complexity index is 792. The first-order valence-corrected chi connectivity index (χ1v) is 10.1. The van der Waals surface area contributed by atoms with Crippen molar-refractivity contribution in [2.45, 2.75) is 45.7 Å². The van der Waals surface area contributed by atoms with E-state index in [0.29, 0.717) is 10.9 Å². The molecule has 1 aromatic rings. The second kappa shape index (κ2) is 7.70. The fourth-order valence-corrected chi connectivity index (χ4v) is 3.99. The molecule has 2 aliphatic rings. The monoisotopic (exact) mass is 408 g/mol. The quantitative estimate of drug-likeness (QED) is 0.761. The number of rotatable bonds is 5. The highest BCUT2D eigenvalue weighted by molar-refractivity contribution is 9.10. The first-order valence-electron chi connectivity index (χ1n) is 8.30. The number of carbonyl (C=O) groups excluding carboxylic acids is 1. The summed E-state index contributed by atoms with van der Waals surface area (Å²) in [5.74, 6) is 0.859. The Hall–Kier alpha value is -1.34. The number of benzene rings is 1. The third-order valence-electron chi connectivity index (χ3n) is 3.99. The zero-order valence-electron chi connectivity index (χ0n) is 13.9. The largest absolute Gasteiger partial charge is 0.298 e. The first kappa shape index (κ1) is 17.5. The molecule has 1 aromatic carbocycles. The van der Waals surface area contributed by atoms with Crippen LogP contribution in [0.3, 0.4) is 0 Å². The van der Waals surface area contributed by atoms with Crippen LogP contribution in [0.5, 0.6) is 0 Å². The van der Waals surface area contributed by atoms with E-state index in [4.69, 9.17) is 0 Å². The van der Waals surface area contributed by atoms with Crippen LogP contribution in [0, 0.1) is 0 Å². The summed E-state index contributed by atoms with van der Waals surface area (Å²) in [5, 5.41) is 11.6. The number of nitrogens with zero attached hydrogens (tertiary/aromatic N) is 3. The highest BCUT2D eigenvalue weighted by Crippen LogP contribution is 2.21. The van der Waals surface area contributed by atoms with Crippen LogP contribution in [0.1, 0.15) is 39.5 Å². The zero-order valence-corrected chi connectivity index (χ0v) is 16.3. The Morgan fingerprint density at radius 2 is 2.17 bits per heavy atom. The molecule has 1 amide bonds. The fraction of sp³-hybridized carbons (Fsp3) is 0.471. The Kier molecular flexibility index (Phi) is 5.61. The van der Waals surface area contributed by atoms with Crippen LogP contribution in [0.25, 0.3) is 5.70 Å². The molecule has 128 valence electrons. The number of thioether (sulfide) groups is 1. The van der Waals surface area contributed by atoms with Crippen molar-refractivity contribution in [2.24, 2.45) is 10.1 Å². The molecule has 0 aromatic heterocycles. The number of hydrazone groups is 1. The summed E-state index contributed by atoms with van der Waals surface area (Å²) in [6.45, 7) is 4.16. The summed E-state index contributed by atoms with van der Waals surface area (Å²) in [5.41, 5.74) is 0.573. The zero-order chi connectivity index (χ0) is 17.1. The Balaban J connectivity index is 1.85. The predicted octanol–water partition coefficient (Wildman–Crippen LogP) is 2.55. The van der Waals surface area contributed by atoms with Gasteiger partial charge >= 0.3 is 0 Å². The summed E-state index contributed by atoms with van der Waals surface area (Å²) in [6, 6.07) is 5.78. The van der Waals surface area contributed by atoms with Gasteiger partial charge in [0, 0.05) is 15.4 Å². The number of unbranched alkanes of at least 4 members (excludes halogenated alkanes) is 3. The number of hydrogen-bond acceptors (Lipinski definition) is 5. The van der Waals surface area contributed by atoms with E-state index in [0.717, 1.165) is 27.2 Å². The van der Waals surface area contributed by atoms with Gasteiger partial charge in [-0.05, 0) is 31.5 Å². The third kappa shape index (κ3) is 3.67. The molecule has 0 saturated carbocycles. The maximum absolute atomic E-state index is 12.7. The average Bonchev–Trinajstić information content (AvgIpc) is 2.55. The smallest absolute Gasteiger partial charge is 0.276 e. The third-order valence-corrected chi connectivity index (χ3v) is 5.44. The Morgan fingerprint density at radius 1 is 1.33 bits per heavy atom. The molecule has 0 bridgehead atoms. The van der Waals surface area contributed by atoms with Gasteiger partial charge in [-0.1, -0.05) is 53.9 Å². The van der Waals surface area contributed by atoms with Crippen molar-refractivity contribution in [3.05, 3.63) is 33.2 Å². The first-order chi connectivity index (χ1) is 11.6. The topological polar surface area (TPSA) is 57.1 Å². The molecule has 0 spiro atoms. The van der Waals surface area contributed by atoms with E-state index >= 15 is 0 Å². The number of hydrogen-bond donors (Lipinski definition) is 1. The minimum absolute atomic E-state index is 0.109. The van der Waals surface area contributed by atoms with Crippen molar-refractivity contribution in [3.8, 4) is 0 Å². The van der Waals surface area contributed by atoms with Gasteiger partial charge in [-0.3, -0.25) is 15.1 Å². The number of halogens is 1. The second-order valence-corrected chi connectivity index (χ2v) is 7.88. The van der Waals surface area contributed by atoms with Gasteiger partial charge in [0.2, 0.25) is 0 Å². The summed E-state index contributed by atoms with van der Waals surface area (Å²) < 4.78 is 0.923. The molecule has 1 N–H and O–H groups in total. The molecular weight excluding hydrogens is 388 g/mol. The Morgan fingerprint density at radius 3 is 2.96 bits per heavy atom. The number of carbonyl (C=O) groups is 1. The van der Waals surface area contributed by atoms with Crippen molar-refractivity contribution in [1.82, 2.24) is 10.3 Å². The van der Waals surface area contributed by atoms with Crippen molar-refractivity contribution in [2.75, 3.05) is 5.75 Å². The molecule has 0 aliphatic carbocycles. The van der Waals surface area contributed by atoms with E-state index in [1.54, 1.807) is 16.8 Å². The molecule has 0 radical (unpaired) electrons. The van der Waals surface area contributed by atoms with Crippen LogP contribution in [0.4, 0.5) is 0 Å². The van der Waals surface area contributed by atoms with Gasteiger partial charge in [0.15, 0.2) is 5.17 Å². The SMILES string of the molecule is CCCCCCSC1=NN2C(=c3cc(Br)ccc3=N[C@@H]2C)C(=O)N1. The summed E-state index contributed by atoms with van der Waals surface area (Å²) >= 11 is 5.07. The fourth-order valence-electron chi connectivity index (χ4n) is 2.78. The molecule has 0 fully saturated rings. The second-order valence-electron chi connectivity index (χ2n) is 5.88. The van der Waals surface area contributed by atoms with Crippen molar-refractivity contribution >= 4 is 44.5 Å². The van der Waals surface area contributed by atoms with Gasteiger partial charge in [-0.15, -0.1) is 5.10 Å². The standard InChI is InChI=1S/C17H21BrN4OS/c1-3-4-5-6-9-24-17-20-16(23)15-13-10-12(18)7-8-14(13)19-11(2)22(15)21-17/h7-8,10-11H,3-6,9H2,1-2H3,(H,20,21,23)/t11-/m0/s1. The van der Waals surface area contributed by atoms with Crippen LogP contribution in [0.2, 0.25) is 0 Å². The highest BCUT2D eigenvalue weighted by atomic mass is 79.9. The number of nitrogens with one attached hydrogen (secondary N) is 1. The van der Waals surface area contributed by atoms with Gasteiger partial charge in [0.25, 0.3) is 5.91 Å². The van der Waals surface area contributed by atoms with Crippen LogP contribution in [-0.2, 0) is 4.79 Å². The summed E-state index contributed by atoms with van der Waals surface area (Å²) in [4.78, 5) is 17.3. The van der Waals surface area contributed by atoms with Gasteiger partial charge in [-0.25, -0.2) is 5.01 Å². The lowest BCUT2D eigenvalue weighted by Gasteiger charge is -2.32. The Labute approximate surface area is 154 Å². The van der Waals surface area contributed by atoms with Crippen molar-refractivity contribution < 1.29 is 4.79 Å². The molecule has 5 nitrogen and oxygen atoms in total. The molecule has 3 rings (SSSR count). The van der Waals surface area contributed by atoms with E-state index in [1.165, 1.54) is 19.3 Å². The highest BCUT2D eigenvalue weighted by Gasteiger charge is 2.31. The van der Waals surface area contributed by atoms with E-state index in [2.05, 4.69) is 38.3 Å². The lowest BCUT2D eigenvalue weighted by atomic mass is 10.2. The van der Waals surface area contributed by atoms with Crippen molar-refractivity contribution in [3.63, 3.8) is 0 Å². The normalized spacial score (nSPS) is 19.2. The van der Waals surface area contributed by atoms with E-state index in [9.17, 15) is 4.79 Å². The van der Waals surface area contributed by atoms with Gasteiger partial charge < -0.3 is 0 Å². The van der Waals surface area contributed by atoms with E-state index < -0.39 is 0 Å². The number of fused-ring (bicyclic) bond motifs is 2. The lowest BCUT2D eigenvalue weighted by Crippen LogP contribution is -2.52. The molecule has 2 aliphatic heterocycles. The number of amidine groups is 1. The van der Waals surface area contributed by atoms with E-state index in [1.807, 2.05) is 25.1 Å². The molecule has 0 saturated heterocycles. The van der Waals surface area contributed by atoms with Gasteiger partial charge in [-0.2, -0.15) is 0 Å². The molecule has 7 heteroatoms. The van der Waals surface area contributed by atoms with Crippen LogP contribution in [0.15, 0.2) is 32.8 Å². The lowest BCUT2D eigenvalue weighted by molar-refractivity contribution is -0.116. The molecule has 24 heavy (non-hydrogen) atoms. The van der Waals surface area contributed by atoms with Gasteiger partial charge in [0.05, 0.1) is 5.36 Å². The number of amides is 1. The summed E-state index contributed by atoms with van der Waals surface area (Å²) in [6.07, 6.45) is 4.65. The minimum Gasteiger partial charge on any atom is -0.298 e. The van der Waals surface area contributed by atoms with Crippen LogP contribution < -0.4 is 15.9 Å². The average molecular weight is 409 g/mol. The predicted molar refractivity (Wildman–Crippen MR) is 102 cm³/mol.